The molecule has 0 saturated carbocycles. The lowest BCUT2D eigenvalue weighted by atomic mass is 10.3. The molecule has 3 heterocycles. The maximum Gasteiger partial charge on any atom is 0.250 e. The average molecular weight is 314 g/mol. The Labute approximate surface area is 133 Å². The van der Waals surface area contributed by atoms with E-state index in [9.17, 15) is 0 Å². The first-order valence-electron chi connectivity index (χ1n) is 7.31. The van der Waals surface area contributed by atoms with Gasteiger partial charge in [-0.15, -0.1) is 0 Å². The van der Waals surface area contributed by atoms with Crippen molar-refractivity contribution < 1.29 is 4.74 Å². The molecule has 2 aromatic heterocycles. The van der Waals surface area contributed by atoms with Crippen LogP contribution in [0.2, 0.25) is 0 Å². The number of hydrogen-bond donors (Lipinski definition) is 2. The Bertz CT molecular complexity index is 657. The predicted molar refractivity (Wildman–Crippen MR) is 87.9 cm³/mol. The van der Waals surface area contributed by atoms with Gasteiger partial charge < -0.3 is 15.0 Å². The molecular formula is C14H18N8O. The summed E-state index contributed by atoms with van der Waals surface area (Å²) in [5.41, 5.74) is 3.77. The van der Waals surface area contributed by atoms with Crippen molar-refractivity contribution >= 4 is 24.1 Å². The topological polar surface area (TPSA) is 100 Å². The Morgan fingerprint density at radius 3 is 2.61 bits per heavy atom. The number of nitrogens with zero attached hydrogens (tertiary/aromatic N) is 6. The molecule has 120 valence electrons. The molecule has 0 radical (unpaired) electrons. The second-order valence-corrected chi connectivity index (χ2v) is 4.78. The number of pyridine rings is 1. The van der Waals surface area contributed by atoms with Crippen molar-refractivity contribution in [1.82, 2.24) is 19.9 Å². The fourth-order valence-corrected chi connectivity index (χ4v) is 2.05. The zero-order valence-corrected chi connectivity index (χ0v) is 12.8. The van der Waals surface area contributed by atoms with E-state index in [1.807, 2.05) is 12.1 Å². The van der Waals surface area contributed by atoms with Crippen LogP contribution >= 0.6 is 0 Å². The maximum atomic E-state index is 5.35. The van der Waals surface area contributed by atoms with Crippen molar-refractivity contribution in [2.75, 3.05) is 49.0 Å². The normalized spacial score (nSPS) is 14.9. The minimum Gasteiger partial charge on any atom is -0.378 e. The highest BCUT2D eigenvalue weighted by Crippen LogP contribution is 2.14. The largest absolute Gasteiger partial charge is 0.378 e. The van der Waals surface area contributed by atoms with Gasteiger partial charge in [-0.3, -0.25) is 4.98 Å². The molecule has 0 spiro atoms. The molecule has 0 atom stereocenters. The van der Waals surface area contributed by atoms with Gasteiger partial charge >= 0.3 is 0 Å². The fraction of sp³-hybridized carbons (Fsp3) is 0.357. The average Bonchev–Trinajstić information content (AvgIpc) is 2.63. The summed E-state index contributed by atoms with van der Waals surface area (Å²) in [7, 11) is 1.77. The molecule has 9 heteroatoms. The number of rotatable bonds is 5. The third-order valence-corrected chi connectivity index (χ3v) is 3.23. The van der Waals surface area contributed by atoms with E-state index in [1.54, 1.807) is 25.7 Å². The number of aromatic nitrogens is 4. The van der Waals surface area contributed by atoms with Crippen molar-refractivity contribution in [1.29, 1.82) is 0 Å². The summed E-state index contributed by atoms with van der Waals surface area (Å²) in [6, 6.07) is 3.72. The van der Waals surface area contributed by atoms with Crippen LogP contribution in [0.1, 0.15) is 5.56 Å². The molecule has 1 saturated heterocycles. The lowest BCUT2D eigenvalue weighted by molar-refractivity contribution is 0.122. The minimum atomic E-state index is 0.385. The third kappa shape index (κ3) is 4.10. The van der Waals surface area contributed by atoms with E-state index in [-0.39, 0.29) is 0 Å². The summed E-state index contributed by atoms with van der Waals surface area (Å²) < 4.78 is 5.35. The molecule has 9 nitrogen and oxygen atoms in total. The number of morpholine rings is 1. The van der Waals surface area contributed by atoms with Crippen LogP contribution in [0.15, 0.2) is 29.6 Å². The van der Waals surface area contributed by atoms with Crippen LogP contribution in [-0.2, 0) is 4.74 Å². The second-order valence-electron chi connectivity index (χ2n) is 4.78. The molecule has 0 amide bonds. The van der Waals surface area contributed by atoms with Gasteiger partial charge in [0.2, 0.25) is 17.8 Å². The summed E-state index contributed by atoms with van der Waals surface area (Å²) in [6.45, 7) is 2.85. The van der Waals surface area contributed by atoms with Gasteiger partial charge in [-0.1, -0.05) is 0 Å². The lowest BCUT2D eigenvalue weighted by Crippen LogP contribution is -2.37. The first-order chi connectivity index (χ1) is 11.3. The Morgan fingerprint density at radius 1 is 1.13 bits per heavy atom. The van der Waals surface area contributed by atoms with E-state index < -0.39 is 0 Å². The van der Waals surface area contributed by atoms with Crippen LogP contribution in [0.4, 0.5) is 17.8 Å². The molecule has 0 aliphatic carbocycles. The zero-order chi connectivity index (χ0) is 15.9. The maximum absolute atomic E-state index is 5.35. The van der Waals surface area contributed by atoms with E-state index >= 15 is 0 Å². The number of anilines is 3. The monoisotopic (exact) mass is 314 g/mol. The van der Waals surface area contributed by atoms with Gasteiger partial charge in [0.25, 0.3) is 0 Å². The van der Waals surface area contributed by atoms with Crippen molar-refractivity contribution in [2.45, 2.75) is 0 Å². The van der Waals surface area contributed by atoms with Crippen LogP contribution < -0.4 is 15.6 Å². The first kappa shape index (κ1) is 15.1. The summed E-state index contributed by atoms with van der Waals surface area (Å²) in [5.74, 6) is 1.48. The quantitative estimate of drug-likeness (QED) is 0.611. The second kappa shape index (κ2) is 7.45. The molecule has 0 aromatic carbocycles. The molecule has 2 aromatic rings. The highest BCUT2D eigenvalue weighted by Gasteiger charge is 2.16. The van der Waals surface area contributed by atoms with Crippen molar-refractivity contribution in [3.63, 3.8) is 0 Å². The third-order valence-electron chi connectivity index (χ3n) is 3.23. The van der Waals surface area contributed by atoms with Crippen LogP contribution in [0, 0.1) is 0 Å². The molecule has 0 unspecified atom stereocenters. The Kier molecular flexibility index (Phi) is 4.89. The fourth-order valence-electron chi connectivity index (χ4n) is 2.05. The van der Waals surface area contributed by atoms with Gasteiger partial charge in [-0.05, 0) is 17.7 Å². The van der Waals surface area contributed by atoms with E-state index in [4.69, 9.17) is 4.74 Å². The van der Waals surface area contributed by atoms with E-state index in [0.29, 0.717) is 31.1 Å². The smallest absolute Gasteiger partial charge is 0.250 e. The number of hydrogen-bond acceptors (Lipinski definition) is 9. The summed E-state index contributed by atoms with van der Waals surface area (Å²) in [6.07, 6.45) is 5.10. The Hall–Kier alpha value is -2.81. The molecule has 2 N–H and O–H groups in total. The molecule has 1 aliphatic rings. The highest BCUT2D eigenvalue weighted by atomic mass is 16.5. The van der Waals surface area contributed by atoms with Gasteiger partial charge in [0.15, 0.2) is 0 Å². The summed E-state index contributed by atoms with van der Waals surface area (Å²) in [5, 5.41) is 7.08. The van der Waals surface area contributed by atoms with E-state index in [0.717, 1.165) is 18.7 Å². The Balaban J connectivity index is 1.74. The number of nitrogens with one attached hydrogen (secondary N) is 2. The van der Waals surface area contributed by atoms with Crippen LogP contribution in [0.3, 0.4) is 0 Å². The molecule has 1 aliphatic heterocycles. The Morgan fingerprint density at radius 2 is 1.87 bits per heavy atom. The number of ether oxygens (including phenoxy) is 1. The SMILES string of the molecule is CNc1nc(N/N=C\c2ccncc2)nc(N2CCOCC2)n1. The van der Waals surface area contributed by atoms with Crippen LogP contribution in [-0.4, -0.2) is 59.5 Å². The van der Waals surface area contributed by atoms with E-state index in [1.165, 1.54) is 0 Å². The zero-order valence-electron chi connectivity index (χ0n) is 12.8. The molecular weight excluding hydrogens is 296 g/mol. The summed E-state index contributed by atoms with van der Waals surface area (Å²) >= 11 is 0. The van der Waals surface area contributed by atoms with Gasteiger partial charge in [0, 0.05) is 32.5 Å². The van der Waals surface area contributed by atoms with Crippen LogP contribution in [0.5, 0.6) is 0 Å². The number of hydrazone groups is 1. The van der Waals surface area contributed by atoms with Crippen molar-refractivity contribution in [3.05, 3.63) is 30.1 Å². The molecule has 0 bridgehead atoms. The van der Waals surface area contributed by atoms with Gasteiger partial charge in [-0.25, -0.2) is 5.43 Å². The minimum absolute atomic E-state index is 0.385. The molecule has 3 rings (SSSR count). The predicted octanol–water partition coefficient (Wildman–Crippen LogP) is 0.591. The van der Waals surface area contributed by atoms with E-state index in [2.05, 4.69) is 40.7 Å². The summed E-state index contributed by atoms with van der Waals surface area (Å²) in [4.78, 5) is 19.1. The van der Waals surface area contributed by atoms with Crippen molar-refractivity contribution in [3.8, 4) is 0 Å². The van der Waals surface area contributed by atoms with Gasteiger partial charge in [0.1, 0.15) is 0 Å². The van der Waals surface area contributed by atoms with Crippen molar-refractivity contribution in [2.24, 2.45) is 5.10 Å². The highest BCUT2D eigenvalue weighted by molar-refractivity contribution is 5.79. The first-order valence-corrected chi connectivity index (χ1v) is 7.31. The van der Waals surface area contributed by atoms with Gasteiger partial charge in [-0.2, -0.15) is 20.1 Å². The molecule has 1 fully saturated rings. The van der Waals surface area contributed by atoms with Gasteiger partial charge in [0.05, 0.1) is 19.4 Å². The molecule has 23 heavy (non-hydrogen) atoms. The standard InChI is InChI=1S/C14H18N8O/c1-15-12-18-13(21-17-10-11-2-4-16-5-3-11)20-14(19-12)22-6-8-23-9-7-22/h2-5,10H,6-9H2,1H3,(H2,15,18,19,20,21)/b17-10-. The lowest BCUT2D eigenvalue weighted by Gasteiger charge is -2.26. The van der Waals surface area contributed by atoms with Crippen LogP contribution in [0.25, 0.3) is 0 Å².